The van der Waals surface area contributed by atoms with Crippen LogP contribution in [0.25, 0.3) is 0 Å². The van der Waals surface area contributed by atoms with Crippen LogP contribution in [0, 0.1) is 11.6 Å². The Hall–Kier alpha value is -1.53. The van der Waals surface area contributed by atoms with Gasteiger partial charge in [0, 0.05) is 37.8 Å². The average molecular weight is 297 g/mol. The number of piperazine rings is 1. The second kappa shape index (κ2) is 6.95. The fourth-order valence-corrected chi connectivity index (χ4v) is 2.45. The van der Waals surface area contributed by atoms with Gasteiger partial charge in [0.1, 0.15) is 0 Å². The number of nitrogens with one attached hydrogen (secondary N) is 1. The minimum atomic E-state index is -0.860. The zero-order chi connectivity index (χ0) is 15.4. The molecule has 116 valence electrons. The molecule has 0 bridgehead atoms. The monoisotopic (exact) mass is 297 g/mol. The van der Waals surface area contributed by atoms with Crippen LogP contribution in [0.1, 0.15) is 18.5 Å². The van der Waals surface area contributed by atoms with E-state index in [1.807, 2.05) is 0 Å². The van der Waals surface area contributed by atoms with Crippen LogP contribution in [0.5, 0.6) is 0 Å². The first-order chi connectivity index (χ1) is 10.0. The summed E-state index contributed by atoms with van der Waals surface area (Å²) in [7, 11) is 1.75. The van der Waals surface area contributed by atoms with E-state index in [-0.39, 0.29) is 24.1 Å². The van der Waals surface area contributed by atoms with Gasteiger partial charge in [0.2, 0.25) is 5.91 Å². The van der Waals surface area contributed by atoms with Gasteiger partial charge in [0.15, 0.2) is 11.6 Å². The Bertz CT molecular complexity index is 504. The van der Waals surface area contributed by atoms with Crippen molar-refractivity contribution in [3.63, 3.8) is 0 Å². The van der Waals surface area contributed by atoms with Gasteiger partial charge in [-0.25, -0.2) is 8.78 Å². The molecule has 0 radical (unpaired) electrons. The van der Waals surface area contributed by atoms with Crippen LogP contribution in [0.2, 0.25) is 0 Å². The number of hydrogen-bond acceptors (Lipinski definition) is 3. The number of hydrogen-bond donors (Lipinski definition) is 1. The van der Waals surface area contributed by atoms with Crippen molar-refractivity contribution in [2.24, 2.45) is 0 Å². The van der Waals surface area contributed by atoms with Gasteiger partial charge in [-0.1, -0.05) is 12.1 Å². The minimum Gasteiger partial charge on any atom is -0.339 e. The molecule has 0 aromatic heterocycles. The molecule has 0 aliphatic carbocycles. The molecule has 1 aliphatic rings. The summed E-state index contributed by atoms with van der Waals surface area (Å²) >= 11 is 0. The second-order valence-corrected chi connectivity index (χ2v) is 5.36. The maximum absolute atomic E-state index is 13.8. The van der Waals surface area contributed by atoms with Crippen LogP contribution in [0.3, 0.4) is 0 Å². The van der Waals surface area contributed by atoms with E-state index in [0.29, 0.717) is 13.1 Å². The van der Waals surface area contributed by atoms with E-state index in [9.17, 15) is 13.6 Å². The lowest BCUT2D eigenvalue weighted by atomic mass is 10.1. The molecule has 1 fully saturated rings. The van der Waals surface area contributed by atoms with Gasteiger partial charge in [-0.15, -0.1) is 0 Å². The summed E-state index contributed by atoms with van der Waals surface area (Å²) in [4.78, 5) is 15.7. The zero-order valence-electron chi connectivity index (χ0n) is 12.4. The van der Waals surface area contributed by atoms with Gasteiger partial charge in [0.25, 0.3) is 0 Å². The number of nitrogens with zero attached hydrogens (tertiary/aromatic N) is 2. The van der Waals surface area contributed by atoms with Crippen molar-refractivity contribution in [1.82, 2.24) is 15.1 Å². The molecule has 1 aromatic rings. The SMILES string of the molecule is CC(c1cccc(F)c1F)N(C)CC(=O)N1CCNCC1. The summed E-state index contributed by atoms with van der Waals surface area (Å²) in [5.41, 5.74) is 0.269. The molecule has 1 heterocycles. The van der Waals surface area contributed by atoms with Gasteiger partial charge >= 0.3 is 0 Å². The Kier molecular flexibility index (Phi) is 5.25. The highest BCUT2D eigenvalue weighted by atomic mass is 19.2. The molecule has 4 nitrogen and oxygen atoms in total. The lowest BCUT2D eigenvalue weighted by Crippen LogP contribution is -2.49. The Morgan fingerprint density at radius 3 is 2.71 bits per heavy atom. The summed E-state index contributed by atoms with van der Waals surface area (Å²) < 4.78 is 27.1. The number of benzene rings is 1. The van der Waals surface area contributed by atoms with Crippen molar-refractivity contribution >= 4 is 5.91 Å². The molecule has 1 amide bonds. The Morgan fingerprint density at radius 2 is 2.05 bits per heavy atom. The van der Waals surface area contributed by atoms with Crippen LogP contribution in [0.15, 0.2) is 18.2 Å². The Balaban J connectivity index is 2.00. The third-order valence-electron chi connectivity index (χ3n) is 3.95. The lowest BCUT2D eigenvalue weighted by Gasteiger charge is -2.31. The molecule has 1 saturated heterocycles. The van der Waals surface area contributed by atoms with Crippen molar-refractivity contribution < 1.29 is 13.6 Å². The predicted molar refractivity (Wildman–Crippen MR) is 76.9 cm³/mol. The molecule has 1 atom stereocenters. The fourth-order valence-electron chi connectivity index (χ4n) is 2.45. The van der Waals surface area contributed by atoms with Gasteiger partial charge in [-0.3, -0.25) is 9.69 Å². The van der Waals surface area contributed by atoms with E-state index < -0.39 is 11.6 Å². The Labute approximate surface area is 123 Å². The third kappa shape index (κ3) is 3.77. The summed E-state index contributed by atoms with van der Waals surface area (Å²) in [5, 5.41) is 3.19. The zero-order valence-corrected chi connectivity index (χ0v) is 12.4. The molecule has 0 spiro atoms. The lowest BCUT2D eigenvalue weighted by molar-refractivity contribution is -0.133. The summed E-state index contributed by atoms with van der Waals surface area (Å²) in [6.45, 7) is 4.93. The number of carbonyl (C=O) groups excluding carboxylic acids is 1. The summed E-state index contributed by atoms with van der Waals surface area (Å²) in [6, 6.07) is 3.76. The van der Waals surface area contributed by atoms with E-state index in [0.717, 1.165) is 19.2 Å². The highest BCUT2D eigenvalue weighted by Crippen LogP contribution is 2.23. The normalized spacial score (nSPS) is 17.1. The molecule has 1 unspecified atom stereocenters. The molecule has 21 heavy (non-hydrogen) atoms. The summed E-state index contributed by atoms with van der Waals surface area (Å²) in [6.07, 6.45) is 0. The molecule has 6 heteroatoms. The average Bonchev–Trinajstić information content (AvgIpc) is 2.50. The molecular weight excluding hydrogens is 276 g/mol. The topological polar surface area (TPSA) is 35.6 Å². The van der Waals surface area contributed by atoms with Crippen molar-refractivity contribution in [2.45, 2.75) is 13.0 Å². The van der Waals surface area contributed by atoms with Gasteiger partial charge < -0.3 is 10.2 Å². The minimum absolute atomic E-state index is 0.0164. The maximum atomic E-state index is 13.8. The van der Waals surface area contributed by atoms with Crippen LogP contribution in [-0.2, 0) is 4.79 Å². The third-order valence-corrected chi connectivity index (χ3v) is 3.95. The number of rotatable bonds is 4. The quantitative estimate of drug-likeness (QED) is 0.912. The first kappa shape index (κ1) is 15.9. The number of likely N-dealkylation sites (N-methyl/N-ethyl adjacent to an activating group) is 1. The van der Waals surface area contributed by atoms with Crippen LogP contribution in [-0.4, -0.2) is 55.5 Å². The van der Waals surface area contributed by atoms with E-state index in [1.54, 1.807) is 29.8 Å². The molecule has 0 saturated carbocycles. The van der Waals surface area contributed by atoms with Crippen molar-refractivity contribution in [1.29, 1.82) is 0 Å². The molecule has 1 N–H and O–H groups in total. The van der Waals surface area contributed by atoms with Crippen LogP contribution >= 0.6 is 0 Å². The van der Waals surface area contributed by atoms with Crippen molar-refractivity contribution in [3.05, 3.63) is 35.4 Å². The first-order valence-corrected chi connectivity index (χ1v) is 7.13. The van der Waals surface area contributed by atoms with E-state index >= 15 is 0 Å². The van der Waals surface area contributed by atoms with E-state index in [2.05, 4.69) is 5.32 Å². The van der Waals surface area contributed by atoms with Gasteiger partial charge in [-0.05, 0) is 20.0 Å². The highest BCUT2D eigenvalue weighted by molar-refractivity contribution is 5.78. The smallest absolute Gasteiger partial charge is 0.236 e. The fraction of sp³-hybridized carbons (Fsp3) is 0.533. The summed E-state index contributed by atoms with van der Waals surface area (Å²) in [5.74, 6) is -1.68. The Morgan fingerprint density at radius 1 is 1.38 bits per heavy atom. The van der Waals surface area contributed by atoms with Crippen LogP contribution in [0.4, 0.5) is 8.78 Å². The number of halogens is 2. The molecule has 1 aromatic carbocycles. The standard InChI is InChI=1S/C15H21F2N3O/c1-11(12-4-3-5-13(16)15(12)17)19(2)10-14(21)20-8-6-18-7-9-20/h3-5,11,18H,6-10H2,1-2H3. The number of amides is 1. The van der Waals surface area contributed by atoms with E-state index in [1.165, 1.54) is 6.07 Å². The second-order valence-electron chi connectivity index (χ2n) is 5.36. The van der Waals surface area contributed by atoms with Crippen molar-refractivity contribution in [2.75, 3.05) is 39.8 Å². The molecule has 2 rings (SSSR count). The number of carbonyl (C=O) groups is 1. The largest absolute Gasteiger partial charge is 0.339 e. The first-order valence-electron chi connectivity index (χ1n) is 7.13. The highest BCUT2D eigenvalue weighted by Gasteiger charge is 2.22. The van der Waals surface area contributed by atoms with Crippen LogP contribution < -0.4 is 5.32 Å². The van der Waals surface area contributed by atoms with Gasteiger partial charge in [-0.2, -0.15) is 0 Å². The van der Waals surface area contributed by atoms with E-state index in [4.69, 9.17) is 0 Å². The molecule has 1 aliphatic heterocycles. The maximum Gasteiger partial charge on any atom is 0.236 e. The predicted octanol–water partition coefficient (Wildman–Crippen LogP) is 1.39. The van der Waals surface area contributed by atoms with Crippen molar-refractivity contribution in [3.8, 4) is 0 Å². The van der Waals surface area contributed by atoms with Gasteiger partial charge in [0.05, 0.1) is 6.54 Å². The molecular formula is C15H21F2N3O.